The van der Waals surface area contributed by atoms with Gasteiger partial charge in [0, 0.05) is 5.56 Å². The highest BCUT2D eigenvalue weighted by atomic mass is 32.1. The van der Waals surface area contributed by atoms with E-state index < -0.39 is 0 Å². The molecule has 2 nitrogen and oxygen atoms in total. The second-order valence-electron chi connectivity index (χ2n) is 4.85. The van der Waals surface area contributed by atoms with E-state index in [1.807, 2.05) is 23.6 Å². The van der Waals surface area contributed by atoms with Crippen molar-refractivity contribution in [2.24, 2.45) is 0 Å². The molecular formula is C18H20O2S. The van der Waals surface area contributed by atoms with Crippen molar-refractivity contribution in [3.8, 4) is 17.6 Å². The van der Waals surface area contributed by atoms with Gasteiger partial charge in [-0.25, -0.2) is 0 Å². The lowest BCUT2D eigenvalue weighted by Gasteiger charge is -2.15. The fourth-order valence-corrected chi connectivity index (χ4v) is 2.82. The van der Waals surface area contributed by atoms with Crippen LogP contribution in [0.3, 0.4) is 0 Å². The van der Waals surface area contributed by atoms with Gasteiger partial charge in [-0.3, -0.25) is 0 Å². The monoisotopic (exact) mass is 300 g/mol. The smallest absolute Gasteiger partial charge is 0.124 e. The maximum atomic E-state index is 8.79. The molecule has 0 amide bonds. The quantitative estimate of drug-likeness (QED) is 0.839. The van der Waals surface area contributed by atoms with Crippen LogP contribution in [0.15, 0.2) is 35.7 Å². The normalized spacial score (nSPS) is 11.6. The number of thiophene rings is 1. The molecule has 2 rings (SSSR count). The molecule has 1 atom stereocenters. The van der Waals surface area contributed by atoms with Crippen LogP contribution in [0.25, 0.3) is 0 Å². The lowest BCUT2D eigenvalue weighted by Crippen LogP contribution is -2.00. The van der Waals surface area contributed by atoms with E-state index in [0.717, 1.165) is 22.6 Å². The summed E-state index contributed by atoms with van der Waals surface area (Å²) in [6.45, 7) is 4.79. The fraction of sp³-hybridized carbons (Fsp3) is 0.333. The zero-order valence-corrected chi connectivity index (χ0v) is 13.2. The minimum atomic E-state index is -0.118. The van der Waals surface area contributed by atoms with Crippen molar-refractivity contribution in [2.45, 2.75) is 32.8 Å². The van der Waals surface area contributed by atoms with Gasteiger partial charge >= 0.3 is 0 Å². The SMILES string of the molecule is CCC(C)c1ccccc1OCc1sccc1C#CCO. The summed E-state index contributed by atoms with van der Waals surface area (Å²) in [6.07, 6.45) is 1.09. The Morgan fingerprint density at radius 2 is 2.10 bits per heavy atom. The van der Waals surface area contributed by atoms with Gasteiger partial charge in [0.15, 0.2) is 0 Å². The minimum Gasteiger partial charge on any atom is -0.488 e. The first kappa shape index (κ1) is 15.6. The molecule has 1 aromatic heterocycles. The summed E-state index contributed by atoms with van der Waals surface area (Å²) < 4.78 is 6.01. The summed E-state index contributed by atoms with van der Waals surface area (Å²) in [4.78, 5) is 1.09. The Hall–Kier alpha value is -1.76. The van der Waals surface area contributed by atoms with Crippen molar-refractivity contribution in [1.82, 2.24) is 0 Å². The number of hydrogen-bond donors (Lipinski definition) is 1. The second-order valence-corrected chi connectivity index (χ2v) is 5.85. The van der Waals surface area contributed by atoms with Crippen LogP contribution in [0.1, 0.15) is 42.2 Å². The van der Waals surface area contributed by atoms with Gasteiger partial charge in [0.25, 0.3) is 0 Å². The number of aliphatic hydroxyl groups is 1. The van der Waals surface area contributed by atoms with Gasteiger partial charge in [0.2, 0.25) is 0 Å². The molecule has 0 spiro atoms. The third kappa shape index (κ3) is 4.10. The third-order valence-corrected chi connectivity index (χ3v) is 4.36. The van der Waals surface area contributed by atoms with E-state index in [-0.39, 0.29) is 6.61 Å². The van der Waals surface area contributed by atoms with E-state index in [1.165, 1.54) is 5.56 Å². The molecule has 0 saturated heterocycles. The lowest BCUT2D eigenvalue weighted by molar-refractivity contribution is 0.304. The maximum Gasteiger partial charge on any atom is 0.124 e. The van der Waals surface area contributed by atoms with Gasteiger partial charge in [0.1, 0.15) is 19.0 Å². The Balaban J connectivity index is 2.12. The van der Waals surface area contributed by atoms with Crippen LogP contribution < -0.4 is 4.74 Å². The molecule has 1 heterocycles. The Morgan fingerprint density at radius 1 is 1.29 bits per heavy atom. The number of para-hydroxylation sites is 1. The highest BCUT2D eigenvalue weighted by molar-refractivity contribution is 7.10. The Kier molecular flexibility index (Phi) is 5.86. The molecule has 3 heteroatoms. The first-order valence-electron chi connectivity index (χ1n) is 7.14. The topological polar surface area (TPSA) is 29.5 Å². The van der Waals surface area contributed by atoms with Gasteiger partial charge < -0.3 is 9.84 Å². The molecule has 0 aliphatic carbocycles. The van der Waals surface area contributed by atoms with Crippen LogP contribution in [0.5, 0.6) is 5.75 Å². The number of benzene rings is 1. The van der Waals surface area contributed by atoms with Crippen LogP contribution in [-0.2, 0) is 6.61 Å². The molecule has 1 aromatic carbocycles. The number of aliphatic hydroxyl groups excluding tert-OH is 1. The molecule has 0 fully saturated rings. The highest BCUT2D eigenvalue weighted by Gasteiger charge is 2.10. The van der Waals surface area contributed by atoms with Crippen LogP contribution in [-0.4, -0.2) is 11.7 Å². The summed E-state index contributed by atoms with van der Waals surface area (Å²) in [5, 5.41) is 10.8. The average Bonchev–Trinajstić information content (AvgIpc) is 2.97. The van der Waals surface area contributed by atoms with Crippen molar-refractivity contribution in [3.05, 3.63) is 51.7 Å². The van der Waals surface area contributed by atoms with Crippen LogP contribution in [0.4, 0.5) is 0 Å². The van der Waals surface area contributed by atoms with Gasteiger partial charge in [-0.1, -0.05) is 43.9 Å². The van der Waals surface area contributed by atoms with Crippen molar-refractivity contribution in [2.75, 3.05) is 6.61 Å². The van der Waals surface area contributed by atoms with Gasteiger partial charge in [-0.05, 0) is 35.4 Å². The molecular weight excluding hydrogens is 280 g/mol. The average molecular weight is 300 g/mol. The van der Waals surface area contributed by atoms with Crippen molar-refractivity contribution >= 4 is 11.3 Å². The van der Waals surface area contributed by atoms with Gasteiger partial charge in [0.05, 0.1) is 4.88 Å². The fourth-order valence-electron chi connectivity index (χ4n) is 2.08. The summed E-state index contributed by atoms with van der Waals surface area (Å²) in [7, 11) is 0. The first-order valence-corrected chi connectivity index (χ1v) is 8.02. The summed E-state index contributed by atoms with van der Waals surface area (Å²) >= 11 is 1.63. The van der Waals surface area contributed by atoms with E-state index in [2.05, 4.69) is 37.8 Å². The van der Waals surface area contributed by atoms with Crippen molar-refractivity contribution < 1.29 is 9.84 Å². The van der Waals surface area contributed by atoms with Crippen LogP contribution >= 0.6 is 11.3 Å². The molecule has 21 heavy (non-hydrogen) atoms. The second kappa shape index (κ2) is 7.87. The zero-order chi connectivity index (χ0) is 15.1. The minimum absolute atomic E-state index is 0.118. The van der Waals surface area contributed by atoms with E-state index in [0.29, 0.717) is 12.5 Å². The van der Waals surface area contributed by atoms with Gasteiger partial charge in [-0.2, -0.15) is 0 Å². The van der Waals surface area contributed by atoms with Crippen molar-refractivity contribution in [1.29, 1.82) is 0 Å². The number of rotatable bonds is 5. The van der Waals surface area contributed by atoms with Gasteiger partial charge in [-0.15, -0.1) is 11.3 Å². The molecule has 0 aliphatic heterocycles. The molecule has 1 unspecified atom stereocenters. The molecule has 110 valence electrons. The van der Waals surface area contributed by atoms with E-state index in [1.54, 1.807) is 11.3 Å². The number of ether oxygens (including phenoxy) is 1. The van der Waals surface area contributed by atoms with Crippen molar-refractivity contribution in [3.63, 3.8) is 0 Å². The third-order valence-electron chi connectivity index (χ3n) is 3.47. The molecule has 0 bridgehead atoms. The zero-order valence-electron chi connectivity index (χ0n) is 12.4. The predicted octanol–water partition coefficient (Wildman–Crippen LogP) is 4.18. The summed E-state index contributed by atoms with van der Waals surface area (Å²) in [5.41, 5.74) is 2.19. The largest absolute Gasteiger partial charge is 0.488 e. The Labute approximate surface area is 130 Å². The standard InChI is InChI=1S/C18H20O2S/c1-3-14(2)16-8-4-5-9-17(16)20-13-18-15(7-6-11-19)10-12-21-18/h4-5,8-10,12,14,19H,3,11,13H2,1-2H3. The molecule has 2 aromatic rings. The number of hydrogen-bond acceptors (Lipinski definition) is 3. The summed E-state index contributed by atoms with van der Waals surface area (Å²) in [5.74, 6) is 7.07. The van der Waals surface area contributed by atoms with E-state index in [4.69, 9.17) is 9.84 Å². The summed E-state index contributed by atoms with van der Waals surface area (Å²) in [6, 6.07) is 10.2. The Morgan fingerprint density at radius 3 is 2.86 bits per heavy atom. The predicted molar refractivity (Wildman–Crippen MR) is 87.8 cm³/mol. The molecule has 0 radical (unpaired) electrons. The van der Waals surface area contributed by atoms with E-state index in [9.17, 15) is 0 Å². The lowest BCUT2D eigenvalue weighted by atomic mass is 9.98. The first-order chi connectivity index (χ1) is 10.3. The molecule has 0 saturated carbocycles. The van der Waals surface area contributed by atoms with Crippen LogP contribution in [0, 0.1) is 11.8 Å². The van der Waals surface area contributed by atoms with Crippen LogP contribution in [0.2, 0.25) is 0 Å². The maximum absolute atomic E-state index is 8.79. The molecule has 0 aliphatic rings. The highest BCUT2D eigenvalue weighted by Crippen LogP contribution is 2.29. The Bertz CT molecular complexity index is 634. The van der Waals surface area contributed by atoms with E-state index >= 15 is 0 Å². The molecule has 1 N–H and O–H groups in total.